The molecule has 2 N–H and O–H groups in total. The minimum atomic E-state index is -1.31. The molecule has 4 aromatic rings. The third-order valence-electron chi connectivity index (χ3n) is 4.60. The van der Waals surface area contributed by atoms with Gasteiger partial charge >= 0.3 is 5.97 Å². The Morgan fingerprint density at radius 3 is 2.62 bits per heavy atom. The first-order chi connectivity index (χ1) is 12.6. The van der Waals surface area contributed by atoms with Gasteiger partial charge in [0, 0.05) is 18.1 Å². The molecule has 0 radical (unpaired) electrons. The second-order valence-electron chi connectivity index (χ2n) is 6.11. The zero-order chi connectivity index (χ0) is 18.3. The Morgan fingerprint density at radius 2 is 1.85 bits per heavy atom. The first-order valence-electron chi connectivity index (χ1n) is 8.12. The van der Waals surface area contributed by atoms with Gasteiger partial charge in [-0.2, -0.15) is 0 Å². The maximum Gasteiger partial charge on any atom is 0.355 e. The second kappa shape index (κ2) is 6.11. The van der Waals surface area contributed by atoms with Crippen molar-refractivity contribution in [1.29, 1.82) is 5.41 Å². The number of carboxylic acid groups (broad SMARTS) is 1. The van der Waals surface area contributed by atoms with E-state index >= 15 is 0 Å². The summed E-state index contributed by atoms with van der Waals surface area (Å²) in [5.41, 5.74) is 1.60. The summed E-state index contributed by atoms with van der Waals surface area (Å²) in [4.78, 5) is 11.7. The quantitative estimate of drug-likeness (QED) is 0.527. The molecule has 4 rings (SSSR count). The summed E-state index contributed by atoms with van der Waals surface area (Å²) in [6, 6.07) is 18.4. The summed E-state index contributed by atoms with van der Waals surface area (Å²) in [6.07, 6.45) is 1.16. The third kappa shape index (κ3) is 2.45. The molecule has 0 saturated heterocycles. The number of aromatic nitrogens is 1. The monoisotopic (exact) mass is 346 g/mol. The van der Waals surface area contributed by atoms with E-state index in [9.17, 15) is 14.3 Å². The van der Waals surface area contributed by atoms with Crippen LogP contribution < -0.4 is 0 Å². The number of aromatic carboxylic acids is 1. The average molecular weight is 346 g/mol. The number of carboxylic acids is 1. The summed E-state index contributed by atoms with van der Waals surface area (Å²) in [5, 5.41) is 19.3. The molecule has 0 spiro atoms. The molecule has 0 aliphatic heterocycles. The molecule has 0 fully saturated rings. The first-order valence-corrected chi connectivity index (χ1v) is 8.12. The van der Waals surface area contributed by atoms with Gasteiger partial charge in [0.15, 0.2) is 11.5 Å². The minimum Gasteiger partial charge on any atom is -0.476 e. The lowest BCUT2D eigenvalue weighted by molar-refractivity contribution is 0.0681. The Morgan fingerprint density at radius 1 is 1.08 bits per heavy atom. The fourth-order valence-electron chi connectivity index (χ4n) is 3.39. The van der Waals surface area contributed by atoms with Crippen LogP contribution in [0.3, 0.4) is 0 Å². The number of halogens is 1. The van der Waals surface area contributed by atoms with Crippen LogP contribution in [0, 0.1) is 11.2 Å². The molecule has 5 heteroatoms. The zero-order valence-electron chi connectivity index (χ0n) is 13.7. The summed E-state index contributed by atoms with van der Waals surface area (Å²) in [6.45, 7) is 0.227. The molecule has 128 valence electrons. The van der Waals surface area contributed by atoms with Crippen LogP contribution in [0.25, 0.3) is 21.7 Å². The summed E-state index contributed by atoms with van der Waals surface area (Å²) < 4.78 is 16.2. The number of nitrogens with zero attached hydrogens (tertiary/aromatic N) is 1. The highest BCUT2D eigenvalue weighted by molar-refractivity contribution is 5.97. The number of carbonyl (C=O) groups is 1. The fourth-order valence-corrected chi connectivity index (χ4v) is 3.39. The maximum absolute atomic E-state index is 14.7. The van der Waals surface area contributed by atoms with E-state index in [0.29, 0.717) is 11.1 Å². The van der Waals surface area contributed by atoms with Crippen LogP contribution in [-0.2, 0) is 6.54 Å². The van der Waals surface area contributed by atoms with Crippen LogP contribution in [0.2, 0.25) is 0 Å². The van der Waals surface area contributed by atoms with Gasteiger partial charge in [-0.25, -0.2) is 9.18 Å². The smallest absolute Gasteiger partial charge is 0.355 e. The van der Waals surface area contributed by atoms with Gasteiger partial charge in [0.05, 0.1) is 5.52 Å². The van der Waals surface area contributed by atoms with Gasteiger partial charge < -0.3 is 15.1 Å². The number of hydrogen-bond donors (Lipinski definition) is 2. The van der Waals surface area contributed by atoms with E-state index in [2.05, 4.69) is 0 Å². The SMILES string of the molecule is N=Cc1ccc2c(F)c(C(=O)O)n(Cc3cccc4ccccc34)c2c1. The van der Waals surface area contributed by atoms with E-state index in [1.165, 1.54) is 10.6 Å². The molecule has 0 saturated carbocycles. The Hall–Kier alpha value is -3.47. The van der Waals surface area contributed by atoms with Crippen LogP contribution in [0.1, 0.15) is 21.6 Å². The summed E-state index contributed by atoms with van der Waals surface area (Å²) in [7, 11) is 0. The molecule has 3 aromatic carbocycles. The Bertz CT molecular complexity index is 1170. The number of rotatable bonds is 4. The van der Waals surface area contributed by atoms with E-state index in [1.807, 2.05) is 42.5 Å². The number of nitrogens with one attached hydrogen (secondary N) is 1. The fraction of sp³-hybridized carbons (Fsp3) is 0.0476. The van der Waals surface area contributed by atoms with Gasteiger partial charge in [0.25, 0.3) is 0 Å². The Kier molecular flexibility index (Phi) is 3.77. The average Bonchev–Trinajstić information content (AvgIpc) is 2.93. The lowest BCUT2D eigenvalue weighted by Gasteiger charge is -2.11. The van der Waals surface area contributed by atoms with Crippen molar-refractivity contribution >= 4 is 33.9 Å². The molecule has 1 aromatic heterocycles. The number of fused-ring (bicyclic) bond motifs is 2. The predicted molar refractivity (Wildman–Crippen MR) is 99.8 cm³/mol. The van der Waals surface area contributed by atoms with Gasteiger partial charge in [0.1, 0.15) is 0 Å². The van der Waals surface area contributed by atoms with Crippen LogP contribution >= 0.6 is 0 Å². The largest absolute Gasteiger partial charge is 0.476 e. The van der Waals surface area contributed by atoms with Crippen molar-refractivity contribution in [2.24, 2.45) is 0 Å². The van der Waals surface area contributed by atoms with E-state index in [0.717, 1.165) is 22.6 Å². The summed E-state index contributed by atoms with van der Waals surface area (Å²) >= 11 is 0. The zero-order valence-corrected chi connectivity index (χ0v) is 13.7. The molecule has 0 atom stereocenters. The molecule has 1 heterocycles. The second-order valence-corrected chi connectivity index (χ2v) is 6.11. The molecular weight excluding hydrogens is 331 g/mol. The molecule has 0 aliphatic rings. The van der Waals surface area contributed by atoms with Crippen molar-refractivity contribution in [3.63, 3.8) is 0 Å². The van der Waals surface area contributed by atoms with E-state index in [-0.39, 0.29) is 17.6 Å². The molecule has 0 aliphatic carbocycles. The van der Waals surface area contributed by atoms with Gasteiger partial charge in [0.2, 0.25) is 0 Å². The first kappa shape index (κ1) is 16.0. The standard InChI is InChI=1S/C21H15FN2O2/c22-19-17-9-8-13(11-23)10-18(17)24(20(19)21(25)26)12-15-6-3-5-14-4-1-2-7-16(14)15/h1-11,23H,12H2,(H,25,26). The molecule has 0 unspecified atom stereocenters. The van der Waals surface area contributed by atoms with E-state index < -0.39 is 11.8 Å². The van der Waals surface area contributed by atoms with Crippen LogP contribution in [0.4, 0.5) is 4.39 Å². The lowest BCUT2D eigenvalue weighted by Crippen LogP contribution is -2.11. The predicted octanol–water partition coefficient (Wildman–Crippen LogP) is 4.68. The number of benzene rings is 3. The van der Waals surface area contributed by atoms with Crippen molar-refractivity contribution < 1.29 is 14.3 Å². The topological polar surface area (TPSA) is 66.1 Å². The van der Waals surface area contributed by atoms with Crippen molar-refractivity contribution in [1.82, 2.24) is 4.57 Å². The van der Waals surface area contributed by atoms with Gasteiger partial charge in [-0.1, -0.05) is 48.5 Å². The van der Waals surface area contributed by atoms with Crippen molar-refractivity contribution in [2.45, 2.75) is 6.54 Å². The third-order valence-corrected chi connectivity index (χ3v) is 4.60. The molecular formula is C21H15FN2O2. The van der Waals surface area contributed by atoms with Gasteiger partial charge in [-0.3, -0.25) is 0 Å². The van der Waals surface area contributed by atoms with Crippen molar-refractivity contribution in [3.8, 4) is 0 Å². The molecule has 0 amide bonds. The maximum atomic E-state index is 14.7. The van der Waals surface area contributed by atoms with E-state index in [1.54, 1.807) is 12.1 Å². The van der Waals surface area contributed by atoms with Gasteiger partial charge in [-0.05, 0) is 34.0 Å². The highest BCUT2D eigenvalue weighted by atomic mass is 19.1. The molecule has 0 bridgehead atoms. The Labute approximate surface area is 148 Å². The van der Waals surface area contributed by atoms with Crippen molar-refractivity contribution in [3.05, 3.63) is 83.3 Å². The minimum absolute atomic E-state index is 0.227. The highest BCUT2D eigenvalue weighted by Crippen LogP contribution is 2.28. The van der Waals surface area contributed by atoms with Gasteiger partial charge in [-0.15, -0.1) is 0 Å². The normalized spacial score (nSPS) is 11.1. The molecule has 4 nitrogen and oxygen atoms in total. The van der Waals surface area contributed by atoms with Crippen LogP contribution in [0.5, 0.6) is 0 Å². The van der Waals surface area contributed by atoms with Crippen molar-refractivity contribution in [2.75, 3.05) is 0 Å². The molecule has 26 heavy (non-hydrogen) atoms. The number of hydrogen-bond acceptors (Lipinski definition) is 2. The van der Waals surface area contributed by atoms with Crippen LogP contribution in [-0.4, -0.2) is 21.9 Å². The lowest BCUT2D eigenvalue weighted by atomic mass is 10.0. The van der Waals surface area contributed by atoms with Crippen LogP contribution in [0.15, 0.2) is 60.7 Å². The van der Waals surface area contributed by atoms with E-state index in [4.69, 9.17) is 5.41 Å². The Balaban J connectivity index is 1.99. The highest BCUT2D eigenvalue weighted by Gasteiger charge is 2.23. The summed E-state index contributed by atoms with van der Waals surface area (Å²) in [5.74, 6) is -2.06.